The van der Waals surface area contributed by atoms with Crippen LogP contribution in [-0.4, -0.2) is 30.9 Å². The Balaban J connectivity index is 0.000000621. The van der Waals surface area contributed by atoms with Gasteiger partial charge in [-0.25, -0.2) is 0 Å². The zero-order chi connectivity index (χ0) is 16.1. The number of benzene rings is 1. The molecule has 0 atom stereocenters. The van der Waals surface area contributed by atoms with Crippen LogP contribution in [0.2, 0.25) is 10.0 Å². The lowest BCUT2D eigenvalue weighted by Gasteiger charge is -2.11. The number of halogens is 5. The third kappa shape index (κ3) is 7.91. The highest BCUT2D eigenvalue weighted by atomic mass is 35.5. The Kier molecular flexibility index (Phi) is 7.26. The van der Waals surface area contributed by atoms with E-state index < -0.39 is 21.9 Å². The highest BCUT2D eigenvalue weighted by molar-refractivity contribution is 7.85. The lowest BCUT2D eigenvalue weighted by molar-refractivity contribution is -0.137. The Hall–Kier alpha value is -0.540. The van der Waals surface area contributed by atoms with Gasteiger partial charge in [-0.05, 0) is 24.1 Å². The normalized spacial score (nSPS) is 11.8. The van der Waals surface area contributed by atoms with Crippen LogP contribution in [0.5, 0.6) is 0 Å². The van der Waals surface area contributed by atoms with Crippen LogP contribution in [0.1, 0.15) is 11.1 Å². The van der Waals surface area contributed by atoms with Crippen molar-refractivity contribution in [2.24, 2.45) is 0 Å². The van der Waals surface area contributed by atoms with E-state index in [1.807, 2.05) is 0 Å². The molecule has 1 rings (SSSR count). The molecule has 0 fully saturated rings. The second-order valence-corrected chi connectivity index (χ2v) is 5.90. The summed E-state index contributed by atoms with van der Waals surface area (Å²) in [5.41, 5.74) is -0.562. The monoisotopic (exact) mass is 354 g/mol. The molecule has 0 aliphatic rings. The fraction of sp³-hybridized carbons (Fsp3) is 0.400. The summed E-state index contributed by atoms with van der Waals surface area (Å²) in [6.45, 7) is -0.217. The van der Waals surface area contributed by atoms with Crippen molar-refractivity contribution in [3.05, 3.63) is 33.3 Å². The van der Waals surface area contributed by atoms with Gasteiger partial charge < -0.3 is 5.11 Å². The quantitative estimate of drug-likeness (QED) is 0.800. The van der Waals surface area contributed by atoms with E-state index in [1.165, 1.54) is 0 Å². The van der Waals surface area contributed by atoms with Gasteiger partial charge in [0.2, 0.25) is 0 Å². The van der Waals surface area contributed by atoms with Crippen molar-refractivity contribution < 1.29 is 31.2 Å². The van der Waals surface area contributed by atoms with Gasteiger partial charge in [-0.3, -0.25) is 4.55 Å². The van der Waals surface area contributed by atoms with Crippen LogP contribution >= 0.6 is 23.2 Å². The van der Waals surface area contributed by atoms with Crippen molar-refractivity contribution in [2.75, 3.05) is 12.9 Å². The minimum absolute atomic E-state index is 0.0797. The maximum absolute atomic E-state index is 12.3. The Labute approximate surface area is 123 Å². The van der Waals surface area contributed by atoms with Crippen LogP contribution < -0.4 is 0 Å². The van der Waals surface area contributed by atoms with E-state index in [1.54, 1.807) is 0 Å². The zero-order valence-electron chi connectivity index (χ0n) is 10.1. The minimum Gasteiger partial charge on any atom is -0.396 e. The second-order valence-electron chi connectivity index (χ2n) is 3.62. The number of hydrogen-bond acceptors (Lipinski definition) is 3. The first-order chi connectivity index (χ1) is 8.86. The van der Waals surface area contributed by atoms with Gasteiger partial charge in [0.1, 0.15) is 0 Å². The van der Waals surface area contributed by atoms with Crippen LogP contribution in [0.15, 0.2) is 12.1 Å². The van der Waals surface area contributed by atoms with Gasteiger partial charge in [-0.15, -0.1) is 0 Å². The van der Waals surface area contributed by atoms with Gasteiger partial charge in [-0.2, -0.15) is 21.6 Å². The predicted molar refractivity (Wildman–Crippen MR) is 69.7 cm³/mol. The summed E-state index contributed by atoms with van der Waals surface area (Å²) in [7, 11) is -3.67. The van der Waals surface area contributed by atoms with Crippen LogP contribution in [0.3, 0.4) is 0 Å². The predicted octanol–water partition coefficient (Wildman–Crippen LogP) is 3.05. The number of hydrogen-bond donors (Lipinski definition) is 2. The second kappa shape index (κ2) is 7.46. The maximum atomic E-state index is 12.3. The number of aliphatic hydroxyl groups is 1. The van der Waals surface area contributed by atoms with E-state index in [0.717, 1.165) is 12.1 Å². The van der Waals surface area contributed by atoms with Gasteiger partial charge in [0.15, 0.2) is 0 Å². The van der Waals surface area contributed by atoms with Crippen molar-refractivity contribution in [3.63, 3.8) is 0 Å². The Bertz CT molecular complexity index is 527. The molecule has 0 aliphatic heterocycles. The summed E-state index contributed by atoms with van der Waals surface area (Å²) in [4.78, 5) is 0. The molecule has 10 heteroatoms. The maximum Gasteiger partial charge on any atom is 0.416 e. The van der Waals surface area contributed by atoms with E-state index in [9.17, 15) is 21.6 Å². The van der Waals surface area contributed by atoms with Crippen molar-refractivity contribution >= 4 is 33.3 Å². The van der Waals surface area contributed by atoms with Crippen LogP contribution in [0.25, 0.3) is 0 Å². The van der Waals surface area contributed by atoms with E-state index in [2.05, 4.69) is 0 Å². The van der Waals surface area contributed by atoms with Gasteiger partial charge in [0.05, 0.1) is 11.8 Å². The average Bonchev–Trinajstić information content (AvgIpc) is 2.19. The van der Waals surface area contributed by atoms with Crippen LogP contribution in [0, 0.1) is 0 Å². The third-order valence-electron chi connectivity index (χ3n) is 1.83. The highest BCUT2D eigenvalue weighted by Crippen LogP contribution is 2.35. The molecule has 0 aliphatic carbocycles. The molecule has 0 saturated carbocycles. The first-order valence-electron chi connectivity index (χ1n) is 4.94. The van der Waals surface area contributed by atoms with E-state index in [4.69, 9.17) is 32.9 Å². The molecule has 116 valence electrons. The van der Waals surface area contributed by atoms with Gasteiger partial charge >= 0.3 is 6.18 Å². The summed E-state index contributed by atoms with van der Waals surface area (Å²) in [6.07, 6.45) is -3.62. The van der Waals surface area contributed by atoms with E-state index in [0.29, 0.717) is 11.8 Å². The zero-order valence-corrected chi connectivity index (χ0v) is 12.4. The summed E-state index contributed by atoms with van der Waals surface area (Å²) in [6, 6.07) is 1.61. The Morgan fingerprint density at radius 3 is 1.80 bits per heavy atom. The van der Waals surface area contributed by atoms with Gasteiger partial charge in [0.25, 0.3) is 10.1 Å². The molecule has 0 saturated heterocycles. The molecule has 4 nitrogen and oxygen atoms in total. The number of alkyl halides is 3. The number of rotatable bonds is 2. The largest absolute Gasteiger partial charge is 0.416 e. The molecule has 0 amide bonds. The molecule has 1 aromatic rings. The number of aliphatic hydroxyl groups excluding tert-OH is 1. The molecule has 0 heterocycles. The highest BCUT2D eigenvalue weighted by Gasteiger charge is 2.31. The van der Waals surface area contributed by atoms with Crippen molar-refractivity contribution in [2.45, 2.75) is 12.6 Å². The fourth-order valence-electron chi connectivity index (χ4n) is 1.12. The van der Waals surface area contributed by atoms with Crippen LogP contribution in [0.4, 0.5) is 13.2 Å². The molecular formula is C10H11Cl2F3O4S. The summed E-state index contributed by atoms with van der Waals surface area (Å²) in [5.74, 6) is 0. The Morgan fingerprint density at radius 1 is 1.20 bits per heavy atom. The van der Waals surface area contributed by atoms with Crippen LogP contribution in [-0.2, 0) is 22.7 Å². The van der Waals surface area contributed by atoms with Gasteiger partial charge in [0, 0.05) is 16.7 Å². The SMILES string of the molecule is CS(=O)(=O)O.OCCc1c(Cl)cc(C(F)(F)F)cc1Cl. The summed E-state index contributed by atoms with van der Waals surface area (Å²) >= 11 is 11.2. The molecule has 0 unspecified atom stereocenters. The Morgan fingerprint density at radius 2 is 1.55 bits per heavy atom. The molecule has 0 spiro atoms. The first kappa shape index (κ1) is 19.5. The fourth-order valence-corrected chi connectivity index (χ4v) is 1.79. The average molecular weight is 355 g/mol. The molecule has 0 radical (unpaired) electrons. The molecule has 0 bridgehead atoms. The standard InChI is InChI=1S/C9H7Cl2F3O.CH4O3S/c10-7-3-5(9(12,13)14)4-8(11)6(7)1-2-15;1-5(2,3)4/h3-4,15H,1-2H2;1H3,(H,2,3,4). The molecular weight excluding hydrogens is 344 g/mol. The van der Waals surface area contributed by atoms with Crippen molar-refractivity contribution in [1.29, 1.82) is 0 Å². The topological polar surface area (TPSA) is 74.6 Å². The lowest BCUT2D eigenvalue weighted by Crippen LogP contribution is -2.06. The van der Waals surface area contributed by atoms with Gasteiger partial charge in [-0.1, -0.05) is 23.2 Å². The first-order valence-corrected chi connectivity index (χ1v) is 7.55. The van der Waals surface area contributed by atoms with E-state index >= 15 is 0 Å². The molecule has 0 aromatic heterocycles. The molecule has 1 aromatic carbocycles. The smallest absolute Gasteiger partial charge is 0.396 e. The summed E-state index contributed by atoms with van der Waals surface area (Å²) < 4.78 is 62.8. The van der Waals surface area contributed by atoms with Crippen molar-refractivity contribution in [3.8, 4) is 0 Å². The third-order valence-corrected chi connectivity index (χ3v) is 2.50. The minimum atomic E-state index is -4.47. The lowest BCUT2D eigenvalue weighted by atomic mass is 10.1. The molecule has 2 N–H and O–H groups in total. The molecule has 20 heavy (non-hydrogen) atoms. The van der Waals surface area contributed by atoms with Crippen molar-refractivity contribution in [1.82, 2.24) is 0 Å². The summed E-state index contributed by atoms with van der Waals surface area (Å²) in [5, 5.41) is 8.50. The van der Waals surface area contributed by atoms with E-state index in [-0.39, 0.29) is 23.1 Å².